The lowest BCUT2D eigenvalue weighted by Crippen LogP contribution is -2.03. The molecule has 1 rings (SSSR count). The zero-order chi connectivity index (χ0) is 10.0. The van der Waals surface area contributed by atoms with E-state index in [2.05, 4.69) is 0 Å². The van der Waals surface area contributed by atoms with Gasteiger partial charge in [-0.2, -0.15) is 0 Å². The van der Waals surface area contributed by atoms with Gasteiger partial charge in [0.05, 0.1) is 10.9 Å². The summed E-state index contributed by atoms with van der Waals surface area (Å²) in [5.74, 6) is -0.234. The first-order chi connectivity index (χ1) is 6.06. The molecule has 1 aromatic carbocycles. The Hall–Kier alpha value is 0.490. The third-order valence-corrected chi connectivity index (χ3v) is 3.65. The van der Waals surface area contributed by atoms with Gasteiger partial charge in [-0.05, 0) is 34.7 Å². The van der Waals surface area contributed by atoms with Crippen molar-refractivity contribution in [1.29, 1.82) is 0 Å². The van der Waals surface area contributed by atoms with E-state index in [1.165, 1.54) is 0 Å². The van der Waals surface area contributed by atoms with Crippen molar-refractivity contribution in [2.24, 2.45) is 0 Å². The van der Waals surface area contributed by atoms with Crippen LogP contribution in [0.4, 0.5) is 0 Å². The van der Waals surface area contributed by atoms with Gasteiger partial charge in [-0.3, -0.25) is 4.79 Å². The zero-order valence-corrected chi connectivity index (χ0v) is 10.7. The van der Waals surface area contributed by atoms with Gasteiger partial charge < -0.3 is 0 Å². The second-order valence-corrected chi connectivity index (χ2v) is 4.50. The molecule has 70 valence electrons. The molecule has 0 aromatic heterocycles. The molecule has 0 bridgehead atoms. The Morgan fingerprint density at radius 2 is 2.00 bits per heavy atom. The Kier molecular flexibility index (Phi) is 4.29. The monoisotopic (exact) mass is 348 g/mol. The van der Waals surface area contributed by atoms with Crippen LogP contribution >= 0.6 is 57.4 Å². The van der Waals surface area contributed by atoms with E-state index in [0.29, 0.717) is 19.2 Å². The number of halogens is 4. The molecular weight excluding hydrogens is 345 g/mol. The molecule has 0 saturated heterocycles. The van der Waals surface area contributed by atoms with E-state index >= 15 is 0 Å². The fraction of sp³-hybridized carbons (Fsp3) is 0.125. The molecule has 1 aromatic rings. The number of hydrogen-bond donors (Lipinski definition) is 0. The van der Waals surface area contributed by atoms with Gasteiger partial charge in [0, 0.05) is 14.2 Å². The number of rotatable bonds is 2. The third kappa shape index (κ3) is 2.72. The molecule has 0 atom stereocenters. The molecule has 0 fully saturated rings. The van der Waals surface area contributed by atoms with E-state index in [-0.39, 0.29) is 11.7 Å². The molecule has 0 radical (unpaired) electrons. The largest absolute Gasteiger partial charge is 0.293 e. The maximum Gasteiger partial charge on any atom is 0.178 e. The highest BCUT2D eigenvalue weighted by Gasteiger charge is 2.12. The van der Waals surface area contributed by atoms with E-state index < -0.39 is 0 Å². The van der Waals surface area contributed by atoms with Gasteiger partial charge in [0.25, 0.3) is 0 Å². The molecule has 0 amide bonds. The Labute approximate surface area is 104 Å². The Balaban J connectivity index is 3.28. The van der Waals surface area contributed by atoms with Crippen molar-refractivity contribution in [3.63, 3.8) is 0 Å². The van der Waals surface area contributed by atoms with Crippen LogP contribution in [0.3, 0.4) is 0 Å². The summed E-state index contributed by atoms with van der Waals surface area (Å²) >= 11 is 19.0. The maximum atomic E-state index is 11.3. The first-order valence-electron chi connectivity index (χ1n) is 3.30. The van der Waals surface area contributed by atoms with Crippen LogP contribution < -0.4 is 0 Å². The Morgan fingerprint density at radius 1 is 1.38 bits per heavy atom. The molecule has 0 heterocycles. The predicted octanol–water partition coefficient (Wildman–Crippen LogP) is 4.02. The molecule has 0 unspecified atom stereocenters. The summed E-state index contributed by atoms with van der Waals surface area (Å²) < 4.78 is 0.689. The van der Waals surface area contributed by atoms with Crippen molar-refractivity contribution >= 4 is 63.2 Å². The van der Waals surface area contributed by atoms with Crippen LogP contribution in [-0.2, 0) is 0 Å². The second-order valence-electron chi connectivity index (χ2n) is 2.31. The van der Waals surface area contributed by atoms with Crippen LogP contribution in [0.15, 0.2) is 12.1 Å². The van der Waals surface area contributed by atoms with Crippen molar-refractivity contribution < 1.29 is 4.79 Å². The minimum atomic E-state index is -0.171. The molecular formula is C8H4Cl3IO. The van der Waals surface area contributed by atoms with Crippen molar-refractivity contribution in [2.45, 2.75) is 0 Å². The van der Waals surface area contributed by atoms with E-state index in [9.17, 15) is 4.79 Å². The van der Waals surface area contributed by atoms with Gasteiger partial charge in [-0.25, -0.2) is 0 Å². The van der Waals surface area contributed by atoms with Gasteiger partial charge in [-0.1, -0.05) is 23.2 Å². The van der Waals surface area contributed by atoms with Crippen molar-refractivity contribution in [3.05, 3.63) is 31.3 Å². The van der Waals surface area contributed by atoms with Gasteiger partial charge in [0.15, 0.2) is 5.78 Å². The molecule has 0 aliphatic heterocycles. The smallest absolute Gasteiger partial charge is 0.178 e. The van der Waals surface area contributed by atoms with Crippen LogP contribution in [0.2, 0.25) is 10.0 Å². The maximum absolute atomic E-state index is 11.3. The minimum absolute atomic E-state index is 0.0628. The highest BCUT2D eigenvalue weighted by molar-refractivity contribution is 14.1. The van der Waals surface area contributed by atoms with E-state index in [0.717, 1.165) is 0 Å². The molecule has 5 heteroatoms. The second kappa shape index (κ2) is 4.82. The van der Waals surface area contributed by atoms with Crippen LogP contribution in [0.25, 0.3) is 0 Å². The zero-order valence-electron chi connectivity index (χ0n) is 6.28. The minimum Gasteiger partial charge on any atom is -0.293 e. The average molecular weight is 349 g/mol. The summed E-state index contributed by atoms with van der Waals surface area (Å²) in [6.45, 7) is 0. The third-order valence-electron chi connectivity index (χ3n) is 1.41. The van der Waals surface area contributed by atoms with Crippen LogP contribution in [0, 0.1) is 3.57 Å². The molecule has 0 N–H and O–H groups in total. The topological polar surface area (TPSA) is 17.1 Å². The van der Waals surface area contributed by atoms with Gasteiger partial charge in [0.1, 0.15) is 0 Å². The fourth-order valence-electron chi connectivity index (χ4n) is 0.831. The van der Waals surface area contributed by atoms with Crippen LogP contribution in [0.1, 0.15) is 10.4 Å². The lowest BCUT2D eigenvalue weighted by atomic mass is 10.1. The summed E-state index contributed by atoms with van der Waals surface area (Å²) in [4.78, 5) is 11.3. The number of hydrogen-bond acceptors (Lipinski definition) is 1. The lowest BCUT2D eigenvalue weighted by molar-refractivity contribution is 0.102. The molecule has 0 saturated carbocycles. The summed E-state index contributed by atoms with van der Waals surface area (Å²) in [6.07, 6.45) is 0. The summed E-state index contributed by atoms with van der Waals surface area (Å²) in [5, 5.41) is 0.917. The first kappa shape index (κ1) is 11.6. The average Bonchev–Trinajstić information content (AvgIpc) is 2.10. The summed E-state index contributed by atoms with van der Waals surface area (Å²) in [6, 6.07) is 3.16. The van der Waals surface area contributed by atoms with Gasteiger partial charge >= 0.3 is 0 Å². The van der Waals surface area contributed by atoms with Crippen LogP contribution in [0.5, 0.6) is 0 Å². The van der Waals surface area contributed by atoms with Gasteiger partial charge in [-0.15, -0.1) is 11.6 Å². The number of carbonyl (C=O) groups excluding carboxylic acids is 1. The lowest BCUT2D eigenvalue weighted by Gasteiger charge is -2.03. The number of benzene rings is 1. The molecule has 13 heavy (non-hydrogen) atoms. The number of Topliss-reactive ketones (excluding diaryl/α,β-unsaturated/α-hetero) is 1. The van der Waals surface area contributed by atoms with Crippen molar-refractivity contribution in [2.75, 3.05) is 5.88 Å². The van der Waals surface area contributed by atoms with Crippen molar-refractivity contribution in [1.82, 2.24) is 0 Å². The number of carbonyl (C=O) groups is 1. The SMILES string of the molecule is O=C(CCl)c1cc(Cl)cc(Cl)c1I. The Morgan fingerprint density at radius 3 is 2.54 bits per heavy atom. The number of ketones is 1. The van der Waals surface area contributed by atoms with E-state index in [1.54, 1.807) is 12.1 Å². The molecule has 1 nitrogen and oxygen atoms in total. The van der Waals surface area contributed by atoms with Crippen molar-refractivity contribution in [3.8, 4) is 0 Å². The predicted molar refractivity (Wildman–Crippen MR) is 64.2 cm³/mol. The normalized spacial score (nSPS) is 10.2. The van der Waals surface area contributed by atoms with Crippen LogP contribution in [-0.4, -0.2) is 11.7 Å². The Bertz CT molecular complexity index is 351. The fourth-order valence-corrected chi connectivity index (χ4v) is 2.08. The molecule has 0 aliphatic rings. The first-order valence-corrected chi connectivity index (χ1v) is 5.67. The molecule has 0 aliphatic carbocycles. The number of alkyl halides is 1. The summed E-state index contributed by atoms with van der Waals surface area (Å²) in [5.41, 5.74) is 0.480. The quantitative estimate of drug-likeness (QED) is 0.341. The van der Waals surface area contributed by atoms with E-state index in [4.69, 9.17) is 34.8 Å². The highest BCUT2D eigenvalue weighted by Crippen LogP contribution is 2.27. The standard InChI is InChI=1S/C8H4Cl3IO/c9-3-7(13)5-1-4(10)2-6(11)8(5)12/h1-2H,3H2. The van der Waals surface area contributed by atoms with Gasteiger partial charge in [0.2, 0.25) is 0 Å². The summed E-state index contributed by atoms with van der Waals surface area (Å²) in [7, 11) is 0. The molecule has 0 spiro atoms. The highest BCUT2D eigenvalue weighted by atomic mass is 127. The van der Waals surface area contributed by atoms with E-state index in [1.807, 2.05) is 22.6 Å².